The number of ether oxygens (including phenoxy) is 2. The van der Waals surface area contributed by atoms with E-state index in [0.29, 0.717) is 23.6 Å². The fourth-order valence-corrected chi connectivity index (χ4v) is 2.92. The highest BCUT2D eigenvalue weighted by molar-refractivity contribution is 7.99. The average molecular weight is 331 g/mol. The van der Waals surface area contributed by atoms with Gasteiger partial charge in [-0.1, -0.05) is 18.2 Å². The molecule has 0 aromatic heterocycles. The minimum absolute atomic E-state index is 0.00559. The summed E-state index contributed by atoms with van der Waals surface area (Å²) in [7, 11) is 3.17. The average Bonchev–Trinajstić information content (AvgIpc) is 2.59. The largest absolute Gasteiger partial charge is 0.497 e. The molecule has 5 heteroatoms. The molecule has 0 aliphatic rings. The molecule has 0 saturated carbocycles. The molecule has 0 fully saturated rings. The van der Waals surface area contributed by atoms with Crippen molar-refractivity contribution in [2.45, 2.75) is 17.7 Å². The first kappa shape index (κ1) is 17.2. The molecule has 2 aromatic rings. The quantitative estimate of drug-likeness (QED) is 0.581. The number of nitrogens with one attached hydrogen (secondary N) is 1. The van der Waals surface area contributed by atoms with Gasteiger partial charge in [-0.2, -0.15) is 0 Å². The van der Waals surface area contributed by atoms with E-state index in [0.717, 1.165) is 12.2 Å². The molecule has 0 aliphatic heterocycles. The summed E-state index contributed by atoms with van der Waals surface area (Å²) in [5, 5.41) is 2.88. The van der Waals surface area contributed by atoms with Crippen LogP contribution in [0.2, 0.25) is 0 Å². The fraction of sp³-hybridized carbons (Fsp3) is 0.278. The first-order valence-corrected chi connectivity index (χ1v) is 8.40. The summed E-state index contributed by atoms with van der Waals surface area (Å²) in [5.41, 5.74) is 0.682. The summed E-state index contributed by atoms with van der Waals surface area (Å²) >= 11 is 1.76. The van der Waals surface area contributed by atoms with Crippen molar-refractivity contribution in [1.82, 2.24) is 0 Å². The molecule has 1 N–H and O–H groups in total. The second-order valence-corrected chi connectivity index (χ2v) is 6.08. The molecule has 0 unspecified atom stereocenters. The maximum atomic E-state index is 12.0. The number of amides is 1. The summed E-state index contributed by atoms with van der Waals surface area (Å²) in [5.74, 6) is 2.21. The van der Waals surface area contributed by atoms with Gasteiger partial charge in [0.25, 0.3) is 0 Å². The van der Waals surface area contributed by atoms with Crippen LogP contribution in [-0.2, 0) is 4.79 Å². The molecule has 0 aliphatic carbocycles. The van der Waals surface area contributed by atoms with Crippen molar-refractivity contribution in [3.8, 4) is 11.5 Å². The zero-order valence-electron chi connectivity index (χ0n) is 13.4. The van der Waals surface area contributed by atoms with E-state index in [4.69, 9.17) is 9.47 Å². The molecule has 0 bridgehead atoms. The second-order valence-electron chi connectivity index (χ2n) is 4.91. The van der Waals surface area contributed by atoms with E-state index in [2.05, 4.69) is 17.4 Å². The molecule has 0 saturated heterocycles. The first-order chi connectivity index (χ1) is 11.2. The molecule has 0 radical (unpaired) electrons. The molecule has 1 amide bonds. The number of anilines is 1. The SMILES string of the molecule is COc1cc(NC(=O)CCCSc2ccccc2)cc(OC)c1. The predicted octanol–water partition coefficient (Wildman–Crippen LogP) is 4.21. The van der Waals surface area contributed by atoms with E-state index in [1.165, 1.54) is 4.90 Å². The minimum atomic E-state index is -0.00559. The lowest BCUT2D eigenvalue weighted by molar-refractivity contribution is -0.116. The number of carbonyl (C=O) groups is 1. The molecule has 0 atom stereocenters. The van der Waals surface area contributed by atoms with E-state index in [1.54, 1.807) is 44.2 Å². The van der Waals surface area contributed by atoms with Gasteiger partial charge in [-0.15, -0.1) is 11.8 Å². The maximum Gasteiger partial charge on any atom is 0.224 e. The lowest BCUT2D eigenvalue weighted by atomic mass is 10.2. The normalized spacial score (nSPS) is 10.2. The number of methoxy groups -OCH3 is 2. The Balaban J connectivity index is 1.78. The Kier molecular flexibility index (Phi) is 6.81. The summed E-state index contributed by atoms with van der Waals surface area (Å²) in [4.78, 5) is 13.2. The number of hydrogen-bond acceptors (Lipinski definition) is 4. The van der Waals surface area contributed by atoms with E-state index in [-0.39, 0.29) is 5.91 Å². The molecule has 0 spiro atoms. The summed E-state index contributed by atoms with van der Waals surface area (Å²) < 4.78 is 10.4. The Morgan fingerprint density at radius 1 is 1.04 bits per heavy atom. The number of hydrogen-bond donors (Lipinski definition) is 1. The van der Waals surface area contributed by atoms with Crippen LogP contribution in [0.5, 0.6) is 11.5 Å². The third kappa shape index (κ3) is 5.87. The second kappa shape index (κ2) is 9.10. The van der Waals surface area contributed by atoms with Crippen LogP contribution in [0.3, 0.4) is 0 Å². The molecule has 0 heterocycles. The molecular formula is C18H21NO3S. The van der Waals surface area contributed by atoms with Crippen LogP contribution >= 0.6 is 11.8 Å². The zero-order valence-corrected chi connectivity index (χ0v) is 14.2. The number of benzene rings is 2. The summed E-state index contributed by atoms with van der Waals surface area (Å²) in [6.45, 7) is 0. The first-order valence-electron chi connectivity index (χ1n) is 7.42. The predicted molar refractivity (Wildman–Crippen MR) is 94.6 cm³/mol. The molecule has 122 valence electrons. The molecule has 4 nitrogen and oxygen atoms in total. The zero-order chi connectivity index (χ0) is 16.5. The summed E-state index contributed by atoms with van der Waals surface area (Å²) in [6, 6.07) is 15.5. The molecular weight excluding hydrogens is 310 g/mol. The number of carbonyl (C=O) groups excluding carboxylic acids is 1. The number of rotatable bonds is 8. The Labute approximate surface area is 141 Å². The van der Waals surface area contributed by atoms with Gasteiger partial charge < -0.3 is 14.8 Å². The van der Waals surface area contributed by atoms with Crippen molar-refractivity contribution >= 4 is 23.4 Å². The van der Waals surface area contributed by atoms with Gasteiger partial charge in [0.15, 0.2) is 0 Å². The van der Waals surface area contributed by atoms with Gasteiger partial charge in [0.2, 0.25) is 5.91 Å². The highest BCUT2D eigenvalue weighted by Gasteiger charge is 2.06. The van der Waals surface area contributed by atoms with Gasteiger partial charge >= 0.3 is 0 Å². The topological polar surface area (TPSA) is 47.6 Å². The van der Waals surface area contributed by atoms with Crippen LogP contribution < -0.4 is 14.8 Å². The third-order valence-corrected chi connectivity index (χ3v) is 4.29. The maximum absolute atomic E-state index is 12.0. The molecule has 2 rings (SSSR count). The Hall–Kier alpha value is -2.14. The van der Waals surface area contributed by atoms with Crippen molar-refractivity contribution < 1.29 is 14.3 Å². The van der Waals surface area contributed by atoms with Crippen LogP contribution in [0.4, 0.5) is 5.69 Å². The molecule has 2 aromatic carbocycles. The van der Waals surface area contributed by atoms with Crippen molar-refractivity contribution in [3.63, 3.8) is 0 Å². The van der Waals surface area contributed by atoms with Crippen molar-refractivity contribution in [2.24, 2.45) is 0 Å². The van der Waals surface area contributed by atoms with E-state index >= 15 is 0 Å². The van der Waals surface area contributed by atoms with Crippen LogP contribution in [0, 0.1) is 0 Å². The van der Waals surface area contributed by atoms with E-state index < -0.39 is 0 Å². The van der Waals surface area contributed by atoms with Gasteiger partial charge in [0.05, 0.1) is 14.2 Å². The highest BCUT2D eigenvalue weighted by atomic mass is 32.2. The number of thioether (sulfide) groups is 1. The van der Waals surface area contributed by atoms with Gasteiger partial charge in [-0.25, -0.2) is 0 Å². The van der Waals surface area contributed by atoms with Crippen molar-refractivity contribution in [2.75, 3.05) is 25.3 Å². The van der Waals surface area contributed by atoms with Gasteiger partial charge in [0.1, 0.15) is 11.5 Å². The van der Waals surface area contributed by atoms with Crippen LogP contribution in [0.25, 0.3) is 0 Å². The third-order valence-electron chi connectivity index (χ3n) is 3.20. The minimum Gasteiger partial charge on any atom is -0.497 e. The van der Waals surface area contributed by atoms with Gasteiger partial charge in [-0.05, 0) is 24.3 Å². The van der Waals surface area contributed by atoms with Gasteiger partial charge in [0, 0.05) is 35.2 Å². The van der Waals surface area contributed by atoms with Crippen LogP contribution in [-0.4, -0.2) is 25.9 Å². The van der Waals surface area contributed by atoms with Crippen molar-refractivity contribution in [1.29, 1.82) is 0 Å². The summed E-state index contributed by atoms with van der Waals surface area (Å²) in [6.07, 6.45) is 1.31. The van der Waals surface area contributed by atoms with Crippen LogP contribution in [0.15, 0.2) is 53.4 Å². The van der Waals surface area contributed by atoms with Gasteiger partial charge in [-0.3, -0.25) is 4.79 Å². The molecule has 23 heavy (non-hydrogen) atoms. The lowest BCUT2D eigenvalue weighted by Crippen LogP contribution is -2.11. The Bertz CT molecular complexity index is 609. The lowest BCUT2D eigenvalue weighted by Gasteiger charge is -2.10. The Morgan fingerprint density at radius 3 is 2.30 bits per heavy atom. The van der Waals surface area contributed by atoms with Crippen molar-refractivity contribution in [3.05, 3.63) is 48.5 Å². The monoisotopic (exact) mass is 331 g/mol. The highest BCUT2D eigenvalue weighted by Crippen LogP contribution is 2.26. The standard InChI is InChI=1S/C18H21NO3S/c1-21-15-11-14(12-16(13-15)22-2)19-18(20)9-6-10-23-17-7-4-3-5-8-17/h3-5,7-8,11-13H,6,9-10H2,1-2H3,(H,19,20). The smallest absolute Gasteiger partial charge is 0.224 e. The van der Waals surface area contributed by atoms with Crippen LogP contribution in [0.1, 0.15) is 12.8 Å². The van der Waals surface area contributed by atoms with E-state index in [9.17, 15) is 4.79 Å². The van der Waals surface area contributed by atoms with E-state index in [1.807, 2.05) is 18.2 Å². The Morgan fingerprint density at radius 2 is 1.70 bits per heavy atom. The fourth-order valence-electron chi connectivity index (χ4n) is 2.04.